The van der Waals surface area contributed by atoms with Crippen LogP contribution < -0.4 is 5.69 Å². The number of carbonyl (C=O) groups is 2. The van der Waals surface area contributed by atoms with Gasteiger partial charge in [0.15, 0.2) is 10.9 Å². The van der Waals surface area contributed by atoms with E-state index >= 15 is 0 Å². The van der Waals surface area contributed by atoms with Crippen molar-refractivity contribution in [1.29, 1.82) is 0 Å². The molecule has 0 saturated carbocycles. The van der Waals surface area contributed by atoms with Crippen molar-refractivity contribution in [3.05, 3.63) is 33.0 Å². The minimum atomic E-state index is -0.514. The normalized spacial score (nSPS) is 17.4. The summed E-state index contributed by atoms with van der Waals surface area (Å²) in [6.07, 6.45) is 1.85. The van der Waals surface area contributed by atoms with Crippen LogP contribution in [0.25, 0.3) is 0 Å². The number of aryl methyl sites for hydroxylation is 1. The van der Waals surface area contributed by atoms with Gasteiger partial charge in [0.1, 0.15) is 0 Å². The van der Waals surface area contributed by atoms with E-state index in [1.807, 2.05) is 0 Å². The maximum atomic E-state index is 13.0. The van der Waals surface area contributed by atoms with Gasteiger partial charge in [-0.15, -0.1) is 5.10 Å². The lowest BCUT2D eigenvalue weighted by atomic mass is 10.1. The molecule has 2 aromatic rings. The number of ether oxygens (including phenoxy) is 2. The Morgan fingerprint density at radius 1 is 1.41 bits per heavy atom. The monoisotopic (exact) mass is 422 g/mol. The van der Waals surface area contributed by atoms with Crippen LogP contribution >= 0.6 is 11.8 Å². The summed E-state index contributed by atoms with van der Waals surface area (Å²) in [5.74, 6) is -0.624. The summed E-state index contributed by atoms with van der Waals surface area (Å²) in [5.41, 5.74) is 1.60. The van der Waals surface area contributed by atoms with Gasteiger partial charge in [0.25, 0.3) is 0 Å². The van der Waals surface area contributed by atoms with E-state index in [0.29, 0.717) is 40.8 Å². The van der Waals surface area contributed by atoms with Crippen LogP contribution in [0.3, 0.4) is 0 Å². The Bertz CT molecular complexity index is 954. The van der Waals surface area contributed by atoms with Crippen LogP contribution in [-0.4, -0.2) is 56.1 Å². The molecule has 0 spiro atoms. The number of Topliss-reactive ketones (excluding diaryl/α,β-unsaturated/α-hetero) is 1. The van der Waals surface area contributed by atoms with Crippen molar-refractivity contribution in [3.63, 3.8) is 0 Å². The molecule has 0 bridgehead atoms. The van der Waals surface area contributed by atoms with Crippen LogP contribution in [-0.2, 0) is 16.0 Å². The van der Waals surface area contributed by atoms with Gasteiger partial charge in [-0.1, -0.05) is 11.8 Å². The Morgan fingerprint density at radius 2 is 2.17 bits per heavy atom. The highest BCUT2D eigenvalue weighted by atomic mass is 32.2. The number of aromatic amines is 2. The first-order valence-corrected chi connectivity index (χ1v) is 10.5. The Hall–Kier alpha value is -2.33. The van der Waals surface area contributed by atoms with E-state index in [2.05, 4.69) is 15.2 Å². The molecule has 0 radical (unpaired) electrons. The highest BCUT2D eigenvalue weighted by molar-refractivity contribution is 8.00. The number of nitrogens with zero attached hydrogens (tertiary/aromatic N) is 2. The number of carbonyl (C=O) groups excluding carboxylic acids is 2. The molecular formula is C19H26N4O5S. The minimum Gasteiger partial charge on any atom is -0.462 e. The van der Waals surface area contributed by atoms with E-state index in [1.54, 1.807) is 27.7 Å². The summed E-state index contributed by atoms with van der Waals surface area (Å²) >= 11 is 1.20. The van der Waals surface area contributed by atoms with Crippen LogP contribution in [0, 0.1) is 13.8 Å². The molecule has 29 heavy (non-hydrogen) atoms. The molecule has 3 heterocycles. The lowest BCUT2D eigenvalue weighted by molar-refractivity contribution is 0.0525. The fraction of sp³-hybridized carbons (Fsp3) is 0.579. The van der Waals surface area contributed by atoms with Gasteiger partial charge in [-0.05, 0) is 46.1 Å². The molecule has 0 amide bonds. The van der Waals surface area contributed by atoms with Crippen molar-refractivity contribution >= 4 is 23.5 Å². The molecule has 3 rings (SSSR count). The van der Waals surface area contributed by atoms with E-state index < -0.39 is 11.2 Å². The van der Waals surface area contributed by atoms with Gasteiger partial charge in [-0.2, -0.15) is 0 Å². The van der Waals surface area contributed by atoms with Crippen molar-refractivity contribution < 1.29 is 19.1 Å². The third-order valence-electron chi connectivity index (χ3n) is 4.95. The number of H-pyrrole nitrogens is 2. The van der Waals surface area contributed by atoms with Crippen LogP contribution in [0.1, 0.15) is 58.8 Å². The van der Waals surface area contributed by atoms with E-state index in [1.165, 1.54) is 16.3 Å². The Morgan fingerprint density at radius 3 is 2.83 bits per heavy atom. The molecule has 10 heteroatoms. The number of esters is 1. The quantitative estimate of drug-likeness (QED) is 0.380. The molecule has 1 saturated heterocycles. The predicted octanol–water partition coefficient (Wildman–Crippen LogP) is 2.24. The number of nitrogens with one attached hydrogen (secondary N) is 2. The predicted molar refractivity (Wildman–Crippen MR) is 108 cm³/mol. The first-order chi connectivity index (χ1) is 13.8. The summed E-state index contributed by atoms with van der Waals surface area (Å²) < 4.78 is 12.2. The van der Waals surface area contributed by atoms with Crippen molar-refractivity contribution in [2.24, 2.45) is 0 Å². The number of hydrogen-bond donors (Lipinski definition) is 2. The molecule has 0 aliphatic carbocycles. The molecule has 1 aliphatic rings. The lowest BCUT2D eigenvalue weighted by Crippen LogP contribution is -2.25. The molecule has 158 valence electrons. The molecule has 2 aromatic heterocycles. The van der Waals surface area contributed by atoms with Crippen LogP contribution in [0.2, 0.25) is 0 Å². The maximum absolute atomic E-state index is 13.0. The largest absolute Gasteiger partial charge is 0.462 e. The smallest absolute Gasteiger partial charge is 0.344 e. The number of hydrogen-bond acceptors (Lipinski definition) is 7. The average Bonchev–Trinajstić information content (AvgIpc) is 3.38. The fourth-order valence-corrected chi connectivity index (χ4v) is 4.39. The molecule has 1 aliphatic heterocycles. The van der Waals surface area contributed by atoms with E-state index in [-0.39, 0.29) is 24.2 Å². The molecule has 2 N–H and O–H groups in total. The molecular weight excluding hydrogens is 396 g/mol. The average molecular weight is 423 g/mol. The summed E-state index contributed by atoms with van der Waals surface area (Å²) in [4.78, 5) is 40.3. The van der Waals surface area contributed by atoms with Crippen LogP contribution in [0.5, 0.6) is 0 Å². The number of aromatic nitrogens is 4. The van der Waals surface area contributed by atoms with Crippen LogP contribution in [0.4, 0.5) is 0 Å². The van der Waals surface area contributed by atoms with Gasteiger partial charge in [-0.3, -0.25) is 9.36 Å². The molecule has 0 unspecified atom stereocenters. The molecule has 9 nitrogen and oxygen atoms in total. The standard InChI is InChI=1S/C19H26N4O5S/c1-5-27-17(25)14-10(2)15(20-11(14)3)16(24)12(4)29-19-22-21-18(26)23(19)9-13-7-6-8-28-13/h12-13,20H,5-9H2,1-4H3,(H,21,26)/t12-,13-/m1/s1. The number of thioether (sulfide) groups is 1. The van der Waals surface area contributed by atoms with Crippen molar-refractivity contribution in [2.75, 3.05) is 13.2 Å². The summed E-state index contributed by atoms with van der Waals surface area (Å²) in [5, 5.41) is 6.45. The highest BCUT2D eigenvalue weighted by Gasteiger charge is 2.28. The highest BCUT2D eigenvalue weighted by Crippen LogP contribution is 2.27. The van der Waals surface area contributed by atoms with Crippen molar-refractivity contribution in [2.45, 2.75) is 63.6 Å². The second-order valence-corrected chi connectivity index (χ2v) is 8.33. The van der Waals surface area contributed by atoms with Crippen molar-refractivity contribution in [1.82, 2.24) is 19.7 Å². The van der Waals surface area contributed by atoms with Gasteiger partial charge in [-0.25, -0.2) is 14.7 Å². The Labute approximate surface area is 172 Å². The second-order valence-electron chi connectivity index (χ2n) is 7.03. The zero-order chi connectivity index (χ0) is 21.1. The van der Waals surface area contributed by atoms with Gasteiger partial charge in [0, 0.05) is 12.3 Å². The van der Waals surface area contributed by atoms with Gasteiger partial charge in [0.2, 0.25) is 0 Å². The molecule has 0 aromatic carbocycles. The summed E-state index contributed by atoms with van der Waals surface area (Å²) in [6.45, 7) is 8.32. The fourth-order valence-electron chi connectivity index (χ4n) is 3.47. The number of rotatable bonds is 8. The topological polar surface area (TPSA) is 119 Å². The van der Waals surface area contributed by atoms with Gasteiger partial charge in [0.05, 0.1) is 35.8 Å². The third kappa shape index (κ3) is 4.48. The SMILES string of the molecule is CCOC(=O)c1c(C)[nH]c(C(=O)[C@@H](C)Sc2n[nH]c(=O)n2C[C@H]2CCCO2)c1C. The van der Waals surface area contributed by atoms with E-state index in [4.69, 9.17) is 9.47 Å². The zero-order valence-electron chi connectivity index (χ0n) is 17.0. The minimum absolute atomic E-state index is 0.0175. The number of ketones is 1. The van der Waals surface area contributed by atoms with Crippen LogP contribution in [0.15, 0.2) is 9.95 Å². The van der Waals surface area contributed by atoms with E-state index in [0.717, 1.165) is 12.8 Å². The third-order valence-corrected chi connectivity index (χ3v) is 6.04. The maximum Gasteiger partial charge on any atom is 0.344 e. The molecule has 2 atom stereocenters. The molecule has 1 fully saturated rings. The first kappa shape index (κ1) is 21.4. The Balaban J connectivity index is 1.77. The van der Waals surface area contributed by atoms with Gasteiger partial charge < -0.3 is 14.5 Å². The summed E-state index contributed by atoms with van der Waals surface area (Å²) in [7, 11) is 0. The second kappa shape index (κ2) is 9.00. The van der Waals surface area contributed by atoms with E-state index in [9.17, 15) is 14.4 Å². The lowest BCUT2D eigenvalue weighted by Gasteiger charge is -2.13. The van der Waals surface area contributed by atoms with Crippen molar-refractivity contribution in [3.8, 4) is 0 Å². The summed E-state index contributed by atoms with van der Waals surface area (Å²) in [6, 6.07) is 0. The first-order valence-electron chi connectivity index (χ1n) is 9.67. The zero-order valence-corrected chi connectivity index (χ0v) is 17.9. The van der Waals surface area contributed by atoms with Gasteiger partial charge >= 0.3 is 11.7 Å². The Kier molecular flexibility index (Phi) is 6.63.